The van der Waals surface area contributed by atoms with Gasteiger partial charge in [-0.25, -0.2) is 4.98 Å². The minimum Gasteiger partial charge on any atom is -0.383 e. The summed E-state index contributed by atoms with van der Waals surface area (Å²) in [5.74, 6) is 0.313. The van der Waals surface area contributed by atoms with E-state index in [-0.39, 0.29) is 11.8 Å². The Morgan fingerprint density at radius 3 is 2.81 bits per heavy atom. The zero-order valence-corrected chi connectivity index (χ0v) is 15.5. The predicted molar refractivity (Wildman–Crippen MR) is 105 cm³/mol. The first-order valence-corrected chi connectivity index (χ1v) is 8.71. The second-order valence-corrected chi connectivity index (χ2v) is 6.95. The molecule has 3 aromatic heterocycles. The molecule has 1 amide bonds. The Morgan fingerprint density at radius 2 is 2.11 bits per heavy atom. The second kappa shape index (κ2) is 6.39. The van der Waals surface area contributed by atoms with E-state index in [1.54, 1.807) is 29.9 Å². The quantitative estimate of drug-likeness (QED) is 0.579. The molecule has 0 bridgehead atoms. The van der Waals surface area contributed by atoms with Gasteiger partial charge in [-0.15, -0.1) is 0 Å². The number of carbonyl (C=O) groups is 1. The fraction of sp³-hybridized carbons (Fsp3) is 0.263. The molecule has 0 fully saturated rings. The van der Waals surface area contributed by atoms with E-state index in [9.17, 15) is 4.79 Å². The van der Waals surface area contributed by atoms with Crippen LogP contribution in [-0.4, -0.2) is 49.9 Å². The van der Waals surface area contributed by atoms with Gasteiger partial charge in [0.1, 0.15) is 11.3 Å². The molecule has 4 rings (SSSR count). The number of aromatic nitrogens is 5. The van der Waals surface area contributed by atoms with E-state index in [4.69, 9.17) is 5.73 Å². The Kier molecular flexibility index (Phi) is 4.02. The van der Waals surface area contributed by atoms with Crippen LogP contribution >= 0.6 is 0 Å². The minimum atomic E-state index is -0.179. The minimum absolute atomic E-state index is 0.0645. The Morgan fingerprint density at radius 1 is 1.30 bits per heavy atom. The summed E-state index contributed by atoms with van der Waals surface area (Å²) < 4.78 is 1.77. The van der Waals surface area contributed by atoms with Gasteiger partial charge in [-0.1, -0.05) is 13.0 Å². The van der Waals surface area contributed by atoms with Crippen molar-refractivity contribution in [3.8, 4) is 11.3 Å². The Hall–Kier alpha value is -3.42. The van der Waals surface area contributed by atoms with Crippen molar-refractivity contribution in [2.75, 3.05) is 19.8 Å². The van der Waals surface area contributed by atoms with E-state index in [1.165, 1.54) is 0 Å². The molecule has 3 heterocycles. The first kappa shape index (κ1) is 17.0. The molecule has 0 aliphatic rings. The number of rotatable bonds is 4. The largest absolute Gasteiger partial charge is 0.383 e. The summed E-state index contributed by atoms with van der Waals surface area (Å²) in [7, 11) is 3.51. The number of amides is 1. The molecule has 0 saturated heterocycles. The zero-order valence-electron chi connectivity index (χ0n) is 15.5. The SMILES string of the molecule is CC(Cn1cc2c(N)nc3cc(-c4ccn[nH]4)ccc3c2n1)C(=O)N(C)C. The Balaban J connectivity index is 1.77. The number of benzene rings is 1. The number of pyridine rings is 1. The van der Waals surface area contributed by atoms with E-state index >= 15 is 0 Å². The lowest BCUT2D eigenvalue weighted by atomic mass is 10.1. The second-order valence-electron chi connectivity index (χ2n) is 6.95. The van der Waals surface area contributed by atoms with E-state index in [0.717, 1.165) is 33.1 Å². The van der Waals surface area contributed by atoms with Gasteiger partial charge >= 0.3 is 0 Å². The third kappa shape index (κ3) is 2.99. The fourth-order valence-electron chi connectivity index (χ4n) is 3.30. The van der Waals surface area contributed by atoms with Gasteiger partial charge in [-0.3, -0.25) is 14.6 Å². The van der Waals surface area contributed by atoms with Crippen molar-refractivity contribution in [2.24, 2.45) is 5.92 Å². The summed E-state index contributed by atoms with van der Waals surface area (Å²) in [5, 5.41) is 13.3. The number of nitrogen functional groups attached to an aromatic ring is 1. The van der Waals surface area contributed by atoms with Crippen LogP contribution in [0.25, 0.3) is 33.1 Å². The van der Waals surface area contributed by atoms with Crippen LogP contribution in [0.1, 0.15) is 6.92 Å². The molecule has 1 aromatic carbocycles. The molecule has 8 nitrogen and oxygen atoms in total. The summed E-state index contributed by atoms with van der Waals surface area (Å²) in [6.07, 6.45) is 3.57. The van der Waals surface area contributed by atoms with Gasteiger partial charge in [0.25, 0.3) is 0 Å². The third-order valence-electron chi connectivity index (χ3n) is 4.67. The molecule has 0 radical (unpaired) electrons. The molecule has 27 heavy (non-hydrogen) atoms. The van der Waals surface area contributed by atoms with E-state index in [0.29, 0.717) is 12.4 Å². The van der Waals surface area contributed by atoms with Gasteiger partial charge in [0.2, 0.25) is 5.91 Å². The summed E-state index contributed by atoms with van der Waals surface area (Å²) in [6.45, 7) is 2.38. The number of anilines is 1. The van der Waals surface area contributed by atoms with Crippen LogP contribution in [0.5, 0.6) is 0 Å². The monoisotopic (exact) mass is 363 g/mol. The number of hydrogen-bond donors (Lipinski definition) is 2. The molecular formula is C19H21N7O. The topological polar surface area (TPSA) is 106 Å². The standard InChI is InChI=1S/C19H21N7O/c1-11(19(27)25(2)3)9-26-10-14-17(24-26)13-5-4-12(15-6-7-21-23-15)8-16(13)22-18(14)20/h4-8,10-11H,9H2,1-3H3,(H2,20,22)(H,21,23). The Bertz CT molecular complexity index is 1130. The number of H-pyrrole nitrogens is 1. The lowest BCUT2D eigenvalue weighted by molar-refractivity contribution is -0.132. The molecule has 0 aliphatic heterocycles. The first-order valence-electron chi connectivity index (χ1n) is 8.71. The molecule has 1 unspecified atom stereocenters. The molecule has 0 spiro atoms. The van der Waals surface area contributed by atoms with Gasteiger partial charge in [-0.05, 0) is 18.2 Å². The van der Waals surface area contributed by atoms with Crippen LogP contribution in [0.2, 0.25) is 0 Å². The molecule has 3 N–H and O–H groups in total. The highest BCUT2D eigenvalue weighted by molar-refractivity contribution is 6.08. The normalized spacial score (nSPS) is 12.6. The summed E-state index contributed by atoms with van der Waals surface area (Å²) in [6, 6.07) is 7.87. The Labute approximate surface area is 156 Å². The maximum absolute atomic E-state index is 12.1. The van der Waals surface area contributed by atoms with Crippen molar-refractivity contribution in [1.82, 2.24) is 29.9 Å². The molecule has 0 aliphatic carbocycles. The number of fused-ring (bicyclic) bond motifs is 3. The lowest BCUT2D eigenvalue weighted by Gasteiger charge is -2.16. The average Bonchev–Trinajstić information content (AvgIpc) is 3.30. The van der Waals surface area contributed by atoms with Crippen LogP contribution in [0.3, 0.4) is 0 Å². The average molecular weight is 363 g/mol. The number of nitrogens with two attached hydrogens (primary N) is 1. The predicted octanol–water partition coefficient (Wildman–Crippen LogP) is 2.28. The summed E-state index contributed by atoms with van der Waals surface area (Å²) >= 11 is 0. The molecule has 8 heteroatoms. The van der Waals surface area contributed by atoms with Crippen molar-refractivity contribution in [1.29, 1.82) is 0 Å². The van der Waals surface area contributed by atoms with Gasteiger partial charge in [0.15, 0.2) is 0 Å². The van der Waals surface area contributed by atoms with E-state index in [2.05, 4.69) is 20.3 Å². The highest BCUT2D eigenvalue weighted by Crippen LogP contribution is 2.30. The van der Waals surface area contributed by atoms with Crippen molar-refractivity contribution in [2.45, 2.75) is 13.5 Å². The molecule has 4 aromatic rings. The van der Waals surface area contributed by atoms with Crippen LogP contribution < -0.4 is 5.73 Å². The van der Waals surface area contributed by atoms with Crippen molar-refractivity contribution in [3.05, 3.63) is 36.7 Å². The van der Waals surface area contributed by atoms with Crippen molar-refractivity contribution >= 4 is 33.5 Å². The van der Waals surface area contributed by atoms with Gasteiger partial charge in [0, 0.05) is 37.4 Å². The highest BCUT2D eigenvalue weighted by atomic mass is 16.2. The van der Waals surface area contributed by atoms with Crippen LogP contribution in [0.15, 0.2) is 36.7 Å². The zero-order chi connectivity index (χ0) is 19.1. The van der Waals surface area contributed by atoms with Crippen LogP contribution in [0.4, 0.5) is 5.82 Å². The highest BCUT2D eigenvalue weighted by Gasteiger charge is 2.18. The maximum atomic E-state index is 12.1. The van der Waals surface area contributed by atoms with Gasteiger partial charge < -0.3 is 10.6 Å². The van der Waals surface area contributed by atoms with E-state index < -0.39 is 0 Å². The van der Waals surface area contributed by atoms with Gasteiger partial charge in [0.05, 0.1) is 29.1 Å². The fourth-order valence-corrected chi connectivity index (χ4v) is 3.30. The summed E-state index contributed by atoms with van der Waals surface area (Å²) in [4.78, 5) is 18.3. The third-order valence-corrected chi connectivity index (χ3v) is 4.67. The molecule has 1 atom stereocenters. The number of hydrogen-bond acceptors (Lipinski definition) is 5. The number of aromatic amines is 1. The first-order chi connectivity index (χ1) is 12.9. The van der Waals surface area contributed by atoms with Crippen LogP contribution in [0, 0.1) is 5.92 Å². The number of carbonyl (C=O) groups excluding carboxylic acids is 1. The van der Waals surface area contributed by atoms with E-state index in [1.807, 2.05) is 37.4 Å². The van der Waals surface area contributed by atoms with Crippen molar-refractivity contribution in [3.63, 3.8) is 0 Å². The number of nitrogens with one attached hydrogen (secondary N) is 1. The van der Waals surface area contributed by atoms with Gasteiger partial charge in [-0.2, -0.15) is 10.2 Å². The molecule has 138 valence electrons. The smallest absolute Gasteiger partial charge is 0.226 e. The molecule has 0 saturated carbocycles. The summed E-state index contributed by atoms with van der Waals surface area (Å²) in [5.41, 5.74) is 9.64. The van der Waals surface area contributed by atoms with Crippen LogP contribution in [-0.2, 0) is 11.3 Å². The molecular weight excluding hydrogens is 342 g/mol. The lowest BCUT2D eigenvalue weighted by Crippen LogP contribution is -2.30. The van der Waals surface area contributed by atoms with Crippen molar-refractivity contribution < 1.29 is 4.79 Å². The maximum Gasteiger partial charge on any atom is 0.226 e. The number of nitrogens with zero attached hydrogens (tertiary/aromatic N) is 5.